The molecular formula is C16H20N2O3S. The molecule has 2 unspecified atom stereocenters. The Hall–Kier alpha value is -1.66. The van der Waals surface area contributed by atoms with E-state index in [9.17, 15) is 4.79 Å². The number of rotatable bonds is 5. The molecule has 0 saturated carbocycles. The van der Waals surface area contributed by atoms with E-state index >= 15 is 0 Å². The van der Waals surface area contributed by atoms with Crippen LogP contribution < -0.4 is 5.32 Å². The van der Waals surface area contributed by atoms with Crippen LogP contribution in [0.4, 0.5) is 0 Å². The highest BCUT2D eigenvalue weighted by molar-refractivity contribution is 7.13. The third kappa shape index (κ3) is 3.39. The Balaban J connectivity index is 1.61. The van der Waals surface area contributed by atoms with E-state index in [4.69, 9.17) is 9.15 Å². The molecule has 2 aromatic rings. The molecule has 1 saturated heterocycles. The van der Waals surface area contributed by atoms with Crippen LogP contribution in [0.3, 0.4) is 0 Å². The quantitative estimate of drug-likeness (QED) is 0.920. The minimum atomic E-state index is -0.0443. The van der Waals surface area contributed by atoms with Gasteiger partial charge in [-0.1, -0.05) is 6.07 Å². The van der Waals surface area contributed by atoms with Crippen LogP contribution in [0.25, 0.3) is 10.8 Å². The number of oxazole rings is 1. The van der Waals surface area contributed by atoms with Gasteiger partial charge in [-0.3, -0.25) is 4.79 Å². The SMILES string of the molecule is Cc1oc(-c2cccs2)nc1CC(=O)NC(C)C1CCCO1. The van der Waals surface area contributed by atoms with Crippen LogP contribution in [0.2, 0.25) is 0 Å². The van der Waals surface area contributed by atoms with E-state index in [2.05, 4.69) is 10.3 Å². The van der Waals surface area contributed by atoms with Crippen molar-refractivity contribution in [2.75, 3.05) is 6.61 Å². The van der Waals surface area contributed by atoms with E-state index in [1.165, 1.54) is 0 Å². The molecule has 2 atom stereocenters. The molecule has 0 spiro atoms. The van der Waals surface area contributed by atoms with Crippen molar-refractivity contribution in [2.45, 2.75) is 45.3 Å². The molecule has 5 nitrogen and oxygen atoms in total. The monoisotopic (exact) mass is 320 g/mol. The zero-order chi connectivity index (χ0) is 15.5. The lowest BCUT2D eigenvalue weighted by Crippen LogP contribution is -2.41. The molecule has 1 N–H and O–H groups in total. The van der Waals surface area contributed by atoms with Crippen molar-refractivity contribution in [3.63, 3.8) is 0 Å². The topological polar surface area (TPSA) is 64.4 Å². The van der Waals surface area contributed by atoms with Gasteiger partial charge in [0.2, 0.25) is 11.8 Å². The molecule has 2 aromatic heterocycles. The van der Waals surface area contributed by atoms with E-state index in [0.717, 1.165) is 24.3 Å². The van der Waals surface area contributed by atoms with Gasteiger partial charge in [-0.15, -0.1) is 11.3 Å². The summed E-state index contributed by atoms with van der Waals surface area (Å²) in [7, 11) is 0. The molecule has 0 bridgehead atoms. The Morgan fingerprint density at radius 2 is 2.45 bits per heavy atom. The van der Waals surface area contributed by atoms with Gasteiger partial charge in [-0.2, -0.15) is 0 Å². The van der Waals surface area contributed by atoms with Crippen LogP contribution in [0.15, 0.2) is 21.9 Å². The summed E-state index contributed by atoms with van der Waals surface area (Å²) in [5.74, 6) is 1.24. The lowest BCUT2D eigenvalue weighted by atomic mass is 10.1. The molecule has 0 aliphatic carbocycles. The molecule has 0 aromatic carbocycles. The standard InChI is InChI=1S/C16H20N2O3S/c1-10(13-5-3-7-20-13)17-15(19)9-12-11(2)21-16(18-12)14-6-4-8-22-14/h4,6,8,10,13H,3,5,7,9H2,1-2H3,(H,17,19). The molecule has 0 radical (unpaired) electrons. The maximum Gasteiger partial charge on any atom is 0.236 e. The second kappa shape index (κ2) is 6.62. The fourth-order valence-electron chi connectivity index (χ4n) is 2.64. The lowest BCUT2D eigenvalue weighted by molar-refractivity contribution is -0.122. The van der Waals surface area contributed by atoms with Crippen molar-refractivity contribution < 1.29 is 13.9 Å². The van der Waals surface area contributed by atoms with Gasteiger partial charge in [0.1, 0.15) is 5.76 Å². The number of aromatic nitrogens is 1. The van der Waals surface area contributed by atoms with E-state index in [1.807, 2.05) is 31.4 Å². The van der Waals surface area contributed by atoms with Gasteiger partial charge in [0.15, 0.2) is 0 Å². The van der Waals surface area contributed by atoms with E-state index < -0.39 is 0 Å². The van der Waals surface area contributed by atoms with E-state index in [-0.39, 0.29) is 24.5 Å². The van der Waals surface area contributed by atoms with Gasteiger partial charge in [-0.25, -0.2) is 4.98 Å². The molecule has 1 aliphatic rings. The lowest BCUT2D eigenvalue weighted by Gasteiger charge is -2.19. The zero-order valence-electron chi connectivity index (χ0n) is 12.8. The summed E-state index contributed by atoms with van der Waals surface area (Å²) in [6, 6.07) is 3.94. The minimum Gasteiger partial charge on any atom is -0.440 e. The number of carbonyl (C=O) groups excluding carboxylic acids is 1. The highest BCUT2D eigenvalue weighted by Gasteiger charge is 2.24. The molecule has 118 valence electrons. The number of amides is 1. The number of nitrogens with zero attached hydrogens (tertiary/aromatic N) is 1. The predicted molar refractivity (Wildman–Crippen MR) is 84.8 cm³/mol. The van der Waals surface area contributed by atoms with Crippen molar-refractivity contribution >= 4 is 17.2 Å². The van der Waals surface area contributed by atoms with E-state index in [1.54, 1.807) is 11.3 Å². The van der Waals surface area contributed by atoms with Gasteiger partial charge in [-0.05, 0) is 38.1 Å². The Bertz CT molecular complexity index is 630. The van der Waals surface area contributed by atoms with Gasteiger partial charge >= 0.3 is 0 Å². The van der Waals surface area contributed by atoms with Crippen LogP contribution in [-0.2, 0) is 16.0 Å². The van der Waals surface area contributed by atoms with Crippen molar-refractivity contribution in [2.24, 2.45) is 0 Å². The first-order valence-electron chi connectivity index (χ1n) is 7.54. The molecule has 1 aliphatic heterocycles. The number of hydrogen-bond acceptors (Lipinski definition) is 5. The van der Waals surface area contributed by atoms with Gasteiger partial charge in [0.25, 0.3) is 0 Å². The van der Waals surface area contributed by atoms with Crippen LogP contribution in [0.5, 0.6) is 0 Å². The average molecular weight is 320 g/mol. The number of nitrogens with one attached hydrogen (secondary N) is 1. The summed E-state index contributed by atoms with van der Waals surface area (Å²) in [6.45, 7) is 4.62. The number of aryl methyl sites for hydroxylation is 1. The fraction of sp³-hybridized carbons (Fsp3) is 0.500. The Morgan fingerprint density at radius 1 is 1.59 bits per heavy atom. The normalized spacial score (nSPS) is 19.3. The van der Waals surface area contributed by atoms with Crippen molar-refractivity contribution in [1.82, 2.24) is 10.3 Å². The fourth-order valence-corrected chi connectivity index (χ4v) is 3.29. The van der Waals surface area contributed by atoms with Crippen LogP contribution in [-0.4, -0.2) is 29.6 Å². The first-order valence-corrected chi connectivity index (χ1v) is 8.42. The Morgan fingerprint density at radius 3 is 3.14 bits per heavy atom. The summed E-state index contributed by atoms with van der Waals surface area (Å²) in [5, 5.41) is 4.98. The molecule has 3 heterocycles. The maximum absolute atomic E-state index is 12.2. The maximum atomic E-state index is 12.2. The first-order chi connectivity index (χ1) is 10.6. The smallest absolute Gasteiger partial charge is 0.236 e. The summed E-state index contributed by atoms with van der Waals surface area (Å²) in [6.07, 6.45) is 2.44. The highest BCUT2D eigenvalue weighted by atomic mass is 32.1. The van der Waals surface area contributed by atoms with Gasteiger partial charge in [0, 0.05) is 6.61 Å². The number of ether oxygens (including phenoxy) is 1. The zero-order valence-corrected chi connectivity index (χ0v) is 13.6. The second-order valence-corrected chi connectivity index (χ2v) is 6.53. The predicted octanol–water partition coefficient (Wildman–Crippen LogP) is 2.94. The third-order valence-corrected chi connectivity index (χ3v) is 4.72. The van der Waals surface area contributed by atoms with Crippen LogP contribution in [0.1, 0.15) is 31.2 Å². The van der Waals surface area contributed by atoms with Crippen molar-refractivity contribution in [3.8, 4) is 10.8 Å². The van der Waals surface area contributed by atoms with E-state index in [0.29, 0.717) is 17.3 Å². The van der Waals surface area contributed by atoms with Crippen LogP contribution in [0, 0.1) is 6.92 Å². The van der Waals surface area contributed by atoms with Gasteiger partial charge < -0.3 is 14.5 Å². The highest BCUT2D eigenvalue weighted by Crippen LogP contribution is 2.26. The third-order valence-electron chi connectivity index (χ3n) is 3.86. The average Bonchev–Trinajstić information content (AvgIpc) is 3.19. The number of hydrogen-bond donors (Lipinski definition) is 1. The Kier molecular flexibility index (Phi) is 4.59. The van der Waals surface area contributed by atoms with Gasteiger partial charge in [0.05, 0.1) is 29.1 Å². The molecule has 22 heavy (non-hydrogen) atoms. The first kappa shape index (κ1) is 15.2. The van der Waals surface area contributed by atoms with Crippen LogP contribution >= 0.6 is 11.3 Å². The molecule has 1 fully saturated rings. The summed E-state index contributed by atoms with van der Waals surface area (Å²) in [5.41, 5.74) is 0.695. The Labute approximate surface area is 133 Å². The molecule has 1 amide bonds. The largest absolute Gasteiger partial charge is 0.440 e. The molecule has 6 heteroatoms. The number of thiophene rings is 1. The van der Waals surface area contributed by atoms with Crippen molar-refractivity contribution in [1.29, 1.82) is 0 Å². The minimum absolute atomic E-state index is 0.0268. The summed E-state index contributed by atoms with van der Waals surface area (Å²) < 4.78 is 11.3. The number of carbonyl (C=O) groups is 1. The molecular weight excluding hydrogens is 300 g/mol. The summed E-state index contributed by atoms with van der Waals surface area (Å²) >= 11 is 1.57. The van der Waals surface area contributed by atoms with Crippen molar-refractivity contribution in [3.05, 3.63) is 29.0 Å². The molecule has 3 rings (SSSR count). The summed E-state index contributed by atoms with van der Waals surface area (Å²) in [4.78, 5) is 17.6. The second-order valence-electron chi connectivity index (χ2n) is 5.58.